The molecule has 1 unspecified atom stereocenters. The van der Waals surface area contributed by atoms with Crippen LogP contribution in [0.2, 0.25) is 5.02 Å². The summed E-state index contributed by atoms with van der Waals surface area (Å²) in [6.07, 6.45) is 4.05. The van der Waals surface area contributed by atoms with Gasteiger partial charge in [0.1, 0.15) is 12.4 Å². The first-order valence-corrected chi connectivity index (χ1v) is 16.4. The van der Waals surface area contributed by atoms with E-state index in [-0.39, 0.29) is 29.1 Å². The third kappa shape index (κ3) is 7.42. The van der Waals surface area contributed by atoms with Crippen LogP contribution in [-0.4, -0.2) is 74.0 Å². The molecule has 48 heavy (non-hydrogen) atoms. The highest BCUT2D eigenvalue weighted by molar-refractivity contribution is 7.91. The van der Waals surface area contributed by atoms with Gasteiger partial charge in [-0.1, -0.05) is 23.7 Å². The predicted octanol–water partition coefficient (Wildman–Crippen LogP) is 3.02. The first-order chi connectivity index (χ1) is 23.1. The predicted molar refractivity (Wildman–Crippen MR) is 176 cm³/mol. The number of amides is 4. The Hall–Kier alpha value is -5.81. The van der Waals surface area contributed by atoms with Crippen LogP contribution in [0.15, 0.2) is 79.3 Å². The second-order valence-electron chi connectivity index (χ2n) is 10.8. The van der Waals surface area contributed by atoms with Crippen molar-refractivity contribution < 1.29 is 27.6 Å². The largest absolute Gasteiger partial charge is 0.361 e. The van der Waals surface area contributed by atoms with E-state index in [1.165, 1.54) is 29.2 Å². The zero-order valence-corrected chi connectivity index (χ0v) is 26.4. The summed E-state index contributed by atoms with van der Waals surface area (Å²) in [7, 11) is -3.74. The van der Waals surface area contributed by atoms with Gasteiger partial charge in [-0.05, 0) is 83.4 Å². The molecule has 2 heterocycles. The molecule has 0 saturated heterocycles. The fourth-order valence-electron chi connectivity index (χ4n) is 4.90. The number of halogens is 1. The molecule has 0 aliphatic heterocycles. The number of aromatic nitrogens is 5. The van der Waals surface area contributed by atoms with E-state index in [0.717, 1.165) is 15.9 Å². The summed E-state index contributed by atoms with van der Waals surface area (Å²) in [5, 5.41) is 17.9. The number of rotatable bonds is 12. The molecule has 18 heteroatoms. The normalized spacial score (nSPS) is 13.4. The van der Waals surface area contributed by atoms with Gasteiger partial charge in [-0.25, -0.2) is 22.9 Å². The number of tetrazole rings is 1. The second-order valence-corrected chi connectivity index (χ2v) is 13.2. The Morgan fingerprint density at radius 3 is 2.50 bits per heavy atom. The number of hydrogen-bond acceptors (Lipinski definition) is 10. The Morgan fingerprint density at radius 1 is 1.02 bits per heavy atom. The van der Waals surface area contributed by atoms with E-state index >= 15 is 0 Å². The van der Waals surface area contributed by atoms with Gasteiger partial charge in [0.05, 0.1) is 16.6 Å². The number of benzene rings is 3. The molecule has 4 amide bonds. The van der Waals surface area contributed by atoms with E-state index in [0.29, 0.717) is 29.8 Å². The van der Waals surface area contributed by atoms with E-state index in [9.17, 15) is 27.6 Å². The number of hydrazine groups is 1. The molecule has 3 aromatic carbocycles. The molecule has 5 N–H and O–H groups in total. The highest BCUT2D eigenvalue weighted by Crippen LogP contribution is 2.28. The van der Waals surface area contributed by atoms with Gasteiger partial charge in [-0.15, -0.1) is 5.10 Å². The summed E-state index contributed by atoms with van der Waals surface area (Å²) in [4.78, 5) is 54.5. The van der Waals surface area contributed by atoms with Gasteiger partial charge in [0.2, 0.25) is 22.2 Å². The van der Waals surface area contributed by atoms with Gasteiger partial charge in [-0.2, -0.15) is 4.68 Å². The third-order valence-corrected chi connectivity index (χ3v) is 9.46. The monoisotopic (exact) mass is 690 g/mol. The van der Waals surface area contributed by atoms with Crippen molar-refractivity contribution in [3.05, 3.63) is 89.8 Å². The molecule has 1 aliphatic carbocycles. The number of sulfonamides is 1. The number of aromatic amines is 1. The van der Waals surface area contributed by atoms with Crippen LogP contribution in [0.25, 0.3) is 16.6 Å². The van der Waals surface area contributed by atoms with Crippen LogP contribution in [0.1, 0.15) is 18.4 Å². The van der Waals surface area contributed by atoms with Crippen LogP contribution in [0.5, 0.6) is 0 Å². The Morgan fingerprint density at radius 2 is 1.79 bits per heavy atom. The lowest BCUT2D eigenvalue weighted by Gasteiger charge is -2.31. The first-order valence-electron chi connectivity index (χ1n) is 14.5. The fraction of sp³-hybridized carbons (Fsp3) is 0.167. The number of fused-ring (bicyclic) bond motifs is 1. The van der Waals surface area contributed by atoms with Crippen LogP contribution < -0.4 is 20.8 Å². The van der Waals surface area contributed by atoms with E-state index in [4.69, 9.17) is 11.6 Å². The molecule has 2 aromatic heterocycles. The fourth-order valence-corrected chi connectivity index (χ4v) is 6.30. The summed E-state index contributed by atoms with van der Waals surface area (Å²) < 4.78 is 27.5. The minimum Gasteiger partial charge on any atom is -0.361 e. The number of anilines is 3. The molecule has 6 rings (SSSR count). The molecule has 1 saturated carbocycles. The van der Waals surface area contributed by atoms with Crippen LogP contribution in [0, 0.1) is 0 Å². The molecule has 16 nitrogen and oxygen atoms in total. The number of H-pyrrole nitrogens is 1. The van der Waals surface area contributed by atoms with Gasteiger partial charge < -0.3 is 15.6 Å². The van der Waals surface area contributed by atoms with E-state index in [2.05, 4.69) is 36.6 Å². The molecule has 0 radical (unpaired) electrons. The van der Waals surface area contributed by atoms with Gasteiger partial charge in [0, 0.05) is 39.9 Å². The average molecular weight is 691 g/mol. The van der Waals surface area contributed by atoms with Crippen molar-refractivity contribution in [3.8, 4) is 5.69 Å². The number of hydrogen-bond donors (Lipinski definition) is 5. The molecule has 1 aliphatic rings. The minimum atomic E-state index is -3.74. The van der Waals surface area contributed by atoms with E-state index in [1.54, 1.807) is 48.7 Å². The molecule has 0 bridgehead atoms. The molecular formula is C30H27ClN10O6S. The summed E-state index contributed by atoms with van der Waals surface area (Å²) in [6, 6.07) is 15.7. The maximum atomic E-state index is 14.0. The molecule has 1 fully saturated rings. The first kappa shape index (κ1) is 32.1. The van der Waals surface area contributed by atoms with Gasteiger partial charge >= 0.3 is 11.9 Å². The third-order valence-electron chi connectivity index (χ3n) is 7.41. The van der Waals surface area contributed by atoms with Crippen molar-refractivity contribution in [2.75, 3.05) is 16.1 Å². The quantitative estimate of drug-likeness (QED) is 0.0733. The average Bonchev–Trinajstić information content (AvgIpc) is 3.60. The topological polar surface area (TPSA) is 213 Å². The summed E-state index contributed by atoms with van der Waals surface area (Å²) in [6.45, 7) is 0. The number of nitrogens with one attached hydrogen (secondary N) is 5. The lowest BCUT2D eigenvalue weighted by molar-refractivity contribution is -0.141. The SMILES string of the molecule is O=CC(=O)N(Nc1cc(Cl)ccc1-n1cnnn1)C(Cc1ccc(NC(=O)NS(=O)(=O)C2CC2)cc1)C(=O)Nc1ccc2[nH]ccc2c1. The molecule has 5 aromatic rings. The summed E-state index contributed by atoms with van der Waals surface area (Å²) in [5.74, 6) is -1.70. The molecular weight excluding hydrogens is 664 g/mol. The lowest BCUT2D eigenvalue weighted by Crippen LogP contribution is -2.52. The number of carbonyl (C=O) groups excluding carboxylic acids is 4. The standard InChI is InChI=1S/C30H27ClN10O6S/c31-20-3-10-26(40-17-33-38-39-40)25(15-20)36-41(28(43)16-42)27(29(44)34-22-6-9-24-19(14-22)11-12-32-24)13-18-1-4-21(5-2-18)35-30(45)37-48(46,47)23-7-8-23/h1-6,9-12,14-17,23,27,32,36H,7-8,13H2,(H,34,44)(H2,35,37,45). The minimum absolute atomic E-state index is 0.0711. The van der Waals surface area contributed by atoms with Crippen LogP contribution in [-0.2, 0) is 30.8 Å². The smallest absolute Gasteiger partial charge is 0.332 e. The van der Waals surface area contributed by atoms with Crippen molar-refractivity contribution >= 4 is 73.7 Å². The highest BCUT2D eigenvalue weighted by Gasteiger charge is 2.37. The van der Waals surface area contributed by atoms with Gasteiger partial charge in [-0.3, -0.25) is 19.8 Å². The van der Waals surface area contributed by atoms with E-state index in [1.807, 2.05) is 10.8 Å². The van der Waals surface area contributed by atoms with Crippen LogP contribution >= 0.6 is 11.6 Å². The maximum absolute atomic E-state index is 14.0. The van der Waals surface area contributed by atoms with Crippen molar-refractivity contribution in [2.45, 2.75) is 30.6 Å². The Balaban J connectivity index is 1.29. The summed E-state index contributed by atoms with van der Waals surface area (Å²) >= 11 is 6.27. The van der Waals surface area contributed by atoms with Gasteiger partial charge in [0.15, 0.2) is 0 Å². The number of carbonyl (C=O) groups is 4. The van der Waals surface area contributed by atoms with Crippen molar-refractivity contribution in [1.29, 1.82) is 0 Å². The summed E-state index contributed by atoms with van der Waals surface area (Å²) in [5.41, 5.74) is 5.57. The Labute approximate surface area is 277 Å². The number of nitrogens with zero attached hydrogens (tertiary/aromatic N) is 5. The van der Waals surface area contributed by atoms with Gasteiger partial charge in [0.25, 0.3) is 0 Å². The zero-order chi connectivity index (χ0) is 33.8. The Bertz CT molecular complexity index is 2100. The lowest BCUT2D eigenvalue weighted by atomic mass is 10.0. The van der Waals surface area contributed by atoms with Crippen molar-refractivity contribution in [2.24, 2.45) is 0 Å². The zero-order valence-electron chi connectivity index (χ0n) is 24.8. The second kappa shape index (κ2) is 13.5. The van der Waals surface area contributed by atoms with Crippen molar-refractivity contribution in [3.63, 3.8) is 0 Å². The number of aldehydes is 1. The maximum Gasteiger partial charge on any atom is 0.332 e. The van der Waals surface area contributed by atoms with Crippen LogP contribution in [0.3, 0.4) is 0 Å². The number of urea groups is 1. The molecule has 246 valence electrons. The highest BCUT2D eigenvalue weighted by atomic mass is 35.5. The Kier molecular flexibility index (Phi) is 9.04. The molecule has 0 spiro atoms. The molecule has 1 atom stereocenters. The van der Waals surface area contributed by atoms with Crippen molar-refractivity contribution in [1.82, 2.24) is 34.9 Å². The van der Waals surface area contributed by atoms with Crippen LogP contribution in [0.4, 0.5) is 21.9 Å². The van der Waals surface area contributed by atoms with E-state index < -0.39 is 39.2 Å².